The van der Waals surface area contributed by atoms with Gasteiger partial charge >= 0.3 is 0 Å². The highest BCUT2D eigenvalue weighted by molar-refractivity contribution is 7.98. The van der Waals surface area contributed by atoms with Gasteiger partial charge in [0.25, 0.3) is 0 Å². The molecule has 0 heterocycles. The fourth-order valence-corrected chi connectivity index (χ4v) is 2.33. The van der Waals surface area contributed by atoms with E-state index in [1.165, 1.54) is 10.5 Å². The second-order valence-corrected chi connectivity index (χ2v) is 5.47. The molecule has 0 fully saturated rings. The molecule has 0 amide bonds. The second-order valence-electron chi connectivity index (χ2n) is 4.18. The van der Waals surface area contributed by atoms with Gasteiger partial charge in [0.1, 0.15) is 0 Å². The van der Waals surface area contributed by atoms with Gasteiger partial charge in [0.05, 0.1) is 0 Å². The van der Waals surface area contributed by atoms with E-state index in [1.807, 2.05) is 24.3 Å². The van der Waals surface area contributed by atoms with E-state index >= 15 is 0 Å². The average molecular weight is 288 g/mol. The minimum absolute atomic E-state index is 0.599. The summed E-state index contributed by atoms with van der Waals surface area (Å²) in [6.07, 6.45) is 2.06. The normalized spacial score (nSPS) is 10.0. The monoisotopic (exact) mass is 288 g/mol. The van der Waals surface area contributed by atoms with Crippen molar-refractivity contribution >= 4 is 40.5 Å². The summed E-state index contributed by atoms with van der Waals surface area (Å²) in [6.45, 7) is 2.06. The Hall–Kier alpha value is -1.52. The Balaban J connectivity index is 1.99. The first-order chi connectivity index (χ1) is 9.17. The second kappa shape index (κ2) is 6.59. The van der Waals surface area contributed by atoms with Gasteiger partial charge < -0.3 is 10.6 Å². The van der Waals surface area contributed by atoms with E-state index in [-0.39, 0.29) is 0 Å². The van der Waals surface area contributed by atoms with Crippen molar-refractivity contribution in [3.63, 3.8) is 0 Å². The molecule has 4 heteroatoms. The van der Waals surface area contributed by atoms with E-state index in [9.17, 15) is 0 Å². The molecule has 0 aliphatic carbocycles. The molecule has 0 aliphatic rings. The first-order valence-corrected chi connectivity index (χ1v) is 7.59. The zero-order chi connectivity index (χ0) is 13.7. The Labute approximate surface area is 123 Å². The Morgan fingerprint density at radius 1 is 1.00 bits per heavy atom. The molecule has 0 unspecified atom stereocenters. The van der Waals surface area contributed by atoms with Gasteiger partial charge in [0.15, 0.2) is 5.11 Å². The lowest BCUT2D eigenvalue weighted by atomic mass is 10.2. The van der Waals surface area contributed by atoms with E-state index in [1.54, 1.807) is 11.8 Å². The van der Waals surface area contributed by atoms with Gasteiger partial charge in [-0.25, -0.2) is 0 Å². The van der Waals surface area contributed by atoms with E-state index in [0.29, 0.717) is 5.11 Å². The van der Waals surface area contributed by atoms with Gasteiger partial charge in [-0.15, -0.1) is 11.8 Å². The quantitative estimate of drug-likeness (QED) is 0.640. The smallest absolute Gasteiger partial charge is 0.175 e. The minimum Gasteiger partial charge on any atom is -0.332 e. The summed E-state index contributed by atoms with van der Waals surface area (Å²) in [5.74, 6) is 0. The standard InChI is InChI=1S/C15H16N2S2/c1-11-6-8-12(9-7-11)16-15(18)17-13-4-3-5-14(10-13)19-2/h3-10H,1-2H3,(H2,16,17,18). The number of thioether (sulfide) groups is 1. The van der Waals surface area contributed by atoms with Crippen LogP contribution in [0.5, 0.6) is 0 Å². The number of rotatable bonds is 3. The molecule has 98 valence electrons. The first-order valence-electron chi connectivity index (χ1n) is 5.96. The van der Waals surface area contributed by atoms with Crippen LogP contribution in [0.3, 0.4) is 0 Å². The summed E-state index contributed by atoms with van der Waals surface area (Å²) in [5.41, 5.74) is 3.22. The molecular weight excluding hydrogens is 272 g/mol. The van der Waals surface area contributed by atoms with Crippen LogP contribution in [0.25, 0.3) is 0 Å². The summed E-state index contributed by atoms with van der Waals surface area (Å²) < 4.78 is 0. The third kappa shape index (κ3) is 4.26. The highest BCUT2D eigenvalue weighted by Crippen LogP contribution is 2.19. The number of nitrogens with one attached hydrogen (secondary N) is 2. The third-order valence-corrected chi connectivity index (χ3v) is 3.57. The van der Waals surface area contributed by atoms with Gasteiger partial charge in [-0.1, -0.05) is 23.8 Å². The summed E-state index contributed by atoms with van der Waals surface area (Å²) in [7, 11) is 0. The molecule has 0 aliphatic heterocycles. The van der Waals surface area contributed by atoms with Gasteiger partial charge in [-0.2, -0.15) is 0 Å². The molecule has 0 bridgehead atoms. The van der Waals surface area contributed by atoms with Crippen molar-refractivity contribution in [2.24, 2.45) is 0 Å². The van der Waals surface area contributed by atoms with Gasteiger partial charge in [0, 0.05) is 16.3 Å². The molecule has 0 spiro atoms. The molecule has 2 nitrogen and oxygen atoms in total. The maximum atomic E-state index is 5.30. The van der Waals surface area contributed by atoms with Crippen LogP contribution >= 0.6 is 24.0 Å². The van der Waals surface area contributed by atoms with Crippen LogP contribution in [0.1, 0.15) is 5.56 Å². The van der Waals surface area contributed by atoms with Crippen molar-refractivity contribution in [1.29, 1.82) is 0 Å². The lowest BCUT2D eigenvalue weighted by molar-refractivity contribution is 1.45. The number of hydrogen-bond donors (Lipinski definition) is 2. The molecule has 0 atom stereocenters. The predicted molar refractivity (Wildman–Crippen MR) is 89.2 cm³/mol. The highest BCUT2D eigenvalue weighted by atomic mass is 32.2. The first kappa shape index (κ1) is 13.9. The summed E-state index contributed by atoms with van der Waals surface area (Å²) in [5, 5.41) is 6.95. The maximum Gasteiger partial charge on any atom is 0.175 e. The van der Waals surface area contributed by atoms with Gasteiger partial charge in [0.2, 0.25) is 0 Å². The third-order valence-electron chi connectivity index (χ3n) is 2.64. The van der Waals surface area contributed by atoms with Crippen LogP contribution in [0.2, 0.25) is 0 Å². The number of anilines is 2. The lowest BCUT2D eigenvalue weighted by Gasteiger charge is -2.11. The Kier molecular flexibility index (Phi) is 4.82. The topological polar surface area (TPSA) is 24.1 Å². The Morgan fingerprint density at radius 2 is 1.68 bits per heavy atom. The summed E-state index contributed by atoms with van der Waals surface area (Å²) >= 11 is 7.01. The number of hydrogen-bond acceptors (Lipinski definition) is 2. The molecule has 2 aromatic carbocycles. The van der Waals surface area contributed by atoms with Crippen molar-refractivity contribution in [3.8, 4) is 0 Å². The van der Waals surface area contributed by atoms with Crippen LogP contribution in [0.4, 0.5) is 11.4 Å². The molecule has 0 saturated carbocycles. The molecule has 19 heavy (non-hydrogen) atoms. The van der Waals surface area contributed by atoms with Crippen molar-refractivity contribution in [2.45, 2.75) is 11.8 Å². The van der Waals surface area contributed by atoms with Crippen molar-refractivity contribution < 1.29 is 0 Å². The van der Waals surface area contributed by atoms with Crippen LogP contribution in [0.15, 0.2) is 53.4 Å². The van der Waals surface area contributed by atoms with E-state index in [0.717, 1.165) is 11.4 Å². The van der Waals surface area contributed by atoms with Crippen LogP contribution in [-0.4, -0.2) is 11.4 Å². The van der Waals surface area contributed by atoms with Crippen LogP contribution < -0.4 is 10.6 Å². The number of aryl methyl sites for hydroxylation is 1. The van der Waals surface area contributed by atoms with E-state index in [4.69, 9.17) is 12.2 Å². The van der Waals surface area contributed by atoms with Crippen LogP contribution in [0, 0.1) is 6.92 Å². The highest BCUT2D eigenvalue weighted by Gasteiger charge is 1.99. The fraction of sp³-hybridized carbons (Fsp3) is 0.133. The van der Waals surface area contributed by atoms with E-state index < -0.39 is 0 Å². The SMILES string of the molecule is CSc1cccc(NC(=S)Nc2ccc(C)cc2)c1. The van der Waals surface area contributed by atoms with Crippen LogP contribution in [-0.2, 0) is 0 Å². The number of benzene rings is 2. The number of thiocarbonyl (C=S) groups is 1. The largest absolute Gasteiger partial charge is 0.332 e. The summed E-state index contributed by atoms with van der Waals surface area (Å²) in [4.78, 5) is 1.21. The molecule has 0 radical (unpaired) electrons. The minimum atomic E-state index is 0.599. The summed E-state index contributed by atoms with van der Waals surface area (Å²) in [6, 6.07) is 16.3. The molecular formula is C15H16N2S2. The average Bonchev–Trinajstić information content (AvgIpc) is 2.41. The van der Waals surface area contributed by atoms with E-state index in [2.05, 4.69) is 48.1 Å². The maximum absolute atomic E-state index is 5.30. The zero-order valence-electron chi connectivity index (χ0n) is 10.9. The zero-order valence-corrected chi connectivity index (χ0v) is 12.6. The fourth-order valence-electron chi connectivity index (χ4n) is 1.63. The van der Waals surface area contributed by atoms with Gasteiger partial charge in [-0.3, -0.25) is 0 Å². The predicted octanol–water partition coefficient (Wildman–Crippen LogP) is 4.53. The molecule has 2 aromatic rings. The van der Waals surface area contributed by atoms with Gasteiger partial charge in [-0.05, 0) is 55.7 Å². The van der Waals surface area contributed by atoms with Crippen molar-refractivity contribution in [2.75, 3.05) is 16.9 Å². The molecule has 2 rings (SSSR count). The molecule has 0 saturated heterocycles. The molecule has 2 N–H and O–H groups in total. The lowest BCUT2D eigenvalue weighted by Crippen LogP contribution is -2.18. The van der Waals surface area contributed by atoms with Crippen molar-refractivity contribution in [1.82, 2.24) is 0 Å². The molecule has 0 aromatic heterocycles. The Bertz CT molecular complexity index is 565. The Morgan fingerprint density at radius 3 is 2.37 bits per heavy atom. The van der Waals surface area contributed by atoms with Crippen molar-refractivity contribution in [3.05, 3.63) is 54.1 Å².